The van der Waals surface area contributed by atoms with Crippen molar-refractivity contribution in [3.05, 3.63) is 132 Å². The lowest BCUT2D eigenvalue weighted by Crippen LogP contribution is -2.43. The van der Waals surface area contributed by atoms with Gasteiger partial charge in [-0.15, -0.1) is 0 Å². The molecule has 1 aliphatic heterocycles. The van der Waals surface area contributed by atoms with E-state index >= 15 is 0 Å². The van der Waals surface area contributed by atoms with Gasteiger partial charge in [-0.2, -0.15) is 0 Å². The predicted molar refractivity (Wildman–Crippen MR) is 186 cm³/mol. The number of anilines is 2. The van der Waals surface area contributed by atoms with Crippen LogP contribution in [0.4, 0.5) is 11.4 Å². The lowest BCUT2D eigenvalue weighted by Gasteiger charge is -2.41. The van der Waals surface area contributed by atoms with Crippen LogP contribution in [0.1, 0.15) is 62.8 Å². The van der Waals surface area contributed by atoms with E-state index in [9.17, 15) is 0 Å². The van der Waals surface area contributed by atoms with Crippen LogP contribution in [-0.4, -0.2) is 36.0 Å². The summed E-state index contributed by atoms with van der Waals surface area (Å²) in [4.78, 5) is 4.62. The molecule has 0 spiro atoms. The molecule has 1 heterocycles. The predicted octanol–water partition coefficient (Wildman–Crippen LogP) is 9.56. The van der Waals surface area contributed by atoms with Crippen molar-refractivity contribution in [2.75, 3.05) is 30.8 Å². The SMILES string of the molecule is C=C(C)CN(C)CCCC.C=C(Nc1ccc(C)cc1)C1Cc2ccccc2CN1C(=C)Nc1ccc(C)cc1.CC. The summed E-state index contributed by atoms with van der Waals surface area (Å²) in [7, 11) is 2.14. The number of nitrogens with zero attached hydrogens (tertiary/aromatic N) is 2. The summed E-state index contributed by atoms with van der Waals surface area (Å²) in [5, 5.41) is 7.01. The first-order valence-electron chi connectivity index (χ1n) is 15.4. The van der Waals surface area contributed by atoms with E-state index in [2.05, 4.69) is 148 Å². The van der Waals surface area contributed by atoms with Crippen LogP contribution in [0.2, 0.25) is 0 Å². The minimum atomic E-state index is 0.103. The molecule has 0 fully saturated rings. The highest BCUT2D eigenvalue weighted by Gasteiger charge is 2.29. The monoisotopic (exact) mass is 566 g/mol. The fourth-order valence-electron chi connectivity index (χ4n) is 4.87. The number of nitrogens with one attached hydrogen (secondary N) is 2. The van der Waals surface area contributed by atoms with E-state index in [-0.39, 0.29) is 6.04 Å². The van der Waals surface area contributed by atoms with Crippen molar-refractivity contribution >= 4 is 11.4 Å². The topological polar surface area (TPSA) is 30.5 Å². The molecule has 3 aromatic carbocycles. The van der Waals surface area contributed by atoms with E-state index in [1.165, 1.54) is 47.2 Å². The molecule has 0 amide bonds. The molecule has 0 bridgehead atoms. The quantitative estimate of drug-likeness (QED) is 0.226. The van der Waals surface area contributed by atoms with E-state index in [1.807, 2.05) is 13.8 Å². The van der Waals surface area contributed by atoms with Gasteiger partial charge in [-0.05, 0) is 82.6 Å². The first-order chi connectivity index (χ1) is 20.2. The van der Waals surface area contributed by atoms with Crippen molar-refractivity contribution in [2.24, 2.45) is 0 Å². The van der Waals surface area contributed by atoms with Gasteiger partial charge in [0.05, 0.1) is 11.9 Å². The van der Waals surface area contributed by atoms with Crippen LogP contribution in [0, 0.1) is 13.8 Å². The minimum absolute atomic E-state index is 0.103. The second-order valence-electron chi connectivity index (χ2n) is 11.1. The highest BCUT2D eigenvalue weighted by molar-refractivity contribution is 5.52. The summed E-state index contributed by atoms with van der Waals surface area (Å²) in [5.41, 5.74) is 9.51. The normalized spacial score (nSPS) is 13.5. The van der Waals surface area contributed by atoms with Gasteiger partial charge in [0.2, 0.25) is 0 Å². The van der Waals surface area contributed by atoms with E-state index in [4.69, 9.17) is 0 Å². The van der Waals surface area contributed by atoms with Gasteiger partial charge < -0.3 is 20.4 Å². The number of hydrogen-bond acceptors (Lipinski definition) is 4. The van der Waals surface area contributed by atoms with Crippen LogP contribution in [0.15, 0.2) is 110 Å². The lowest BCUT2D eigenvalue weighted by atomic mass is 9.92. The average molecular weight is 567 g/mol. The Morgan fingerprint density at radius 2 is 1.36 bits per heavy atom. The van der Waals surface area contributed by atoms with Crippen molar-refractivity contribution < 1.29 is 0 Å². The molecule has 4 rings (SSSR count). The van der Waals surface area contributed by atoms with Gasteiger partial charge in [0.1, 0.15) is 0 Å². The van der Waals surface area contributed by atoms with Gasteiger partial charge in [-0.25, -0.2) is 0 Å². The van der Waals surface area contributed by atoms with Gasteiger partial charge in [0, 0.05) is 30.2 Å². The Balaban J connectivity index is 0.000000438. The molecule has 1 atom stereocenters. The summed E-state index contributed by atoms with van der Waals surface area (Å²) < 4.78 is 0. The van der Waals surface area contributed by atoms with Crippen LogP contribution < -0.4 is 10.6 Å². The molecule has 1 unspecified atom stereocenters. The number of rotatable bonds is 11. The molecule has 42 heavy (non-hydrogen) atoms. The highest BCUT2D eigenvalue weighted by atomic mass is 15.3. The summed E-state index contributed by atoms with van der Waals surface area (Å²) in [5.74, 6) is 0.880. The Morgan fingerprint density at radius 1 is 0.833 bits per heavy atom. The van der Waals surface area contributed by atoms with Crippen molar-refractivity contribution in [1.82, 2.24) is 9.80 Å². The molecule has 0 saturated carbocycles. The zero-order chi connectivity index (χ0) is 31.1. The molecule has 4 nitrogen and oxygen atoms in total. The molecular weight excluding hydrogens is 512 g/mol. The van der Waals surface area contributed by atoms with E-state index in [1.54, 1.807) is 0 Å². The number of benzene rings is 3. The van der Waals surface area contributed by atoms with Crippen molar-refractivity contribution in [3.63, 3.8) is 0 Å². The van der Waals surface area contributed by atoms with Gasteiger partial charge in [0.15, 0.2) is 0 Å². The number of likely N-dealkylation sites (N-methyl/N-ethyl adjacent to an activating group) is 1. The molecule has 0 aliphatic carbocycles. The Bertz CT molecular complexity index is 1170. The second kappa shape index (κ2) is 17.9. The average Bonchev–Trinajstić information content (AvgIpc) is 2.98. The molecule has 0 aromatic heterocycles. The fourth-order valence-corrected chi connectivity index (χ4v) is 4.87. The van der Waals surface area contributed by atoms with Crippen LogP contribution in [0.5, 0.6) is 0 Å². The fraction of sp³-hybridized carbons (Fsp3) is 0.368. The maximum Gasteiger partial charge on any atom is 0.0992 e. The van der Waals surface area contributed by atoms with E-state index in [0.29, 0.717) is 0 Å². The van der Waals surface area contributed by atoms with Gasteiger partial charge in [-0.3, -0.25) is 0 Å². The third-order valence-corrected chi connectivity index (χ3v) is 7.13. The summed E-state index contributed by atoms with van der Waals surface area (Å²) in [6.07, 6.45) is 3.47. The van der Waals surface area contributed by atoms with E-state index < -0.39 is 0 Å². The number of aryl methyl sites for hydroxylation is 2. The largest absolute Gasteiger partial charge is 0.358 e. The minimum Gasteiger partial charge on any atom is -0.358 e. The molecule has 1 aliphatic rings. The number of hydrogen-bond donors (Lipinski definition) is 2. The molecule has 226 valence electrons. The van der Waals surface area contributed by atoms with Crippen LogP contribution in [-0.2, 0) is 13.0 Å². The first kappa shape index (κ1) is 34.4. The zero-order valence-corrected chi connectivity index (χ0v) is 27.3. The van der Waals surface area contributed by atoms with Crippen molar-refractivity contribution in [1.29, 1.82) is 0 Å². The first-order valence-corrected chi connectivity index (χ1v) is 15.4. The third-order valence-electron chi connectivity index (χ3n) is 7.13. The van der Waals surface area contributed by atoms with Crippen LogP contribution in [0.3, 0.4) is 0 Å². The maximum absolute atomic E-state index is 4.40. The van der Waals surface area contributed by atoms with Crippen LogP contribution in [0.25, 0.3) is 0 Å². The molecular formula is C38H54N4. The van der Waals surface area contributed by atoms with Crippen molar-refractivity contribution in [3.8, 4) is 0 Å². The number of unbranched alkanes of at least 4 members (excludes halogenated alkanes) is 1. The maximum atomic E-state index is 4.40. The third kappa shape index (κ3) is 11.3. The van der Waals surface area contributed by atoms with Crippen molar-refractivity contribution in [2.45, 2.75) is 73.4 Å². The molecule has 4 heteroatoms. The Hall–Kier alpha value is -3.76. The van der Waals surface area contributed by atoms with Crippen LogP contribution >= 0.6 is 0 Å². The standard InChI is InChI=1S/C27H29N3.C9H19N.C2H6/c1-19-9-13-25(14-10-19)28-21(3)27-17-23-7-5-6-8-24(23)18-30(27)22(4)29-26-15-11-20(2)12-16-26;1-5-6-7-10(4)8-9(2)3;1-2/h5-16,27-29H,3-4,17-18H2,1-2H3;2,5-8H2,1,3-4H3;1-2H3. The van der Waals surface area contributed by atoms with Gasteiger partial charge in [0.25, 0.3) is 0 Å². The Labute approximate surface area is 256 Å². The van der Waals surface area contributed by atoms with E-state index in [0.717, 1.165) is 42.4 Å². The summed E-state index contributed by atoms with van der Waals surface area (Å²) >= 11 is 0. The summed E-state index contributed by atoms with van der Waals surface area (Å²) in [6.45, 7) is 28.1. The molecule has 3 aromatic rings. The summed E-state index contributed by atoms with van der Waals surface area (Å²) in [6, 6.07) is 25.6. The zero-order valence-electron chi connectivity index (χ0n) is 27.3. The highest BCUT2D eigenvalue weighted by Crippen LogP contribution is 2.30. The Morgan fingerprint density at radius 3 is 1.88 bits per heavy atom. The molecule has 0 radical (unpaired) electrons. The number of fused-ring (bicyclic) bond motifs is 1. The smallest absolute Gasteiger partial charge is 0.0992 e. The second-order valence-corrected chi connectivity index (χ2v) is 11.1. The lowest BCUT2D eigenvalue weighted by molar-refractivity contribution is 0.259. The molecule has 0 saturated heterocycles. The van der Waals surface area contributed by atoms with Gasteiger partial charge >= 0.3 is 0 Å². The Kier molecular flexibility index (Phi) is 14.7. The molecule has 2 N–H and O–H groups in total. The van der Waals surface area contributed by atoms with Gasteiger partial charge in [-0.1, -0.05) is 112 Å².